The van der Waals surface area contributed by atoms with Gasteiger partial charge in [0.05, 0.1) is 4.90 Å². The normalized spacial score (nSPS) is 19.9. The number of rotatable bonds is 7. The summed E-state index contributed by atoms with van der Waals surface area (Å²) in [6, 6.07) is 1.86. The molecule has 0 spiro atoms. The van der Waals surface area contributed by atoms with Gasteiger partial charge in [-0.2, -0.15) is 16.1 Å². The van der Waals surface area contributed by atoms with Gasteiger partial charge in [-0.05, 0) is 31.2 Å². The Morgan fingerprint density at radius 3 is 3.00 bits per heavy atom. The summed E-state index contributed by atoms with van der Waals surface area (Å²) < 4.78 is 26.6. The highest BCUT2D eigenvalue weighted by atomic mass is 32.2. The van der Waals surface area contributed by atoms with E-state index in [1.807, 2.05) is 11.8 Å². The summed E-state index contributed by atoms with van der Waals surface area (Å²) in [7, 11) is -1.68. The van der Waals surface area contributed by atoms with Crippen molar-refractivity contribution in [3.05, 3.63) is 18.0 Å². The molecule has 1 aromatic rings. The Kier molecular flexibility index (Phi) is 5.54. The highest BCUT2D eigenvalue weighted by molar-refractivity contribution is 7.99. The van der Waals surface area contributed by atoms with Crippen LogP contribution >= 0.6 is 11.8 Å². The third-order valence-electron chi connectivity index (χ3n) is 3.56. The number of sulfonamides is 1. The number of hydrogen-bond donors (Lipinski definition) is 2. The number of nitrogens with zero attached hydrogens (tertiary/aromatic N) is 1. The molecule has 1 unspecified atom stereocenters. The Hall–Kier alpha value is -0.500. The number of hydrogen-bond acceptors (Lipinski definition) is 4. The fraction of sp³-hybridized carbons (Fsp3) is 0.692. The van der Waals surface area contributed by atoms with Crippen LogP contribution in [0.4, 0.5) is 0 Å². The molecule has 1 fully saturated rings. The Bertz CT molecular complexity index is 521. The zero-order chi connectivity index (χ0) is 14.6. The lowest BCUT2D eigenvalue weighted by molar-refractivity contribution is 0.394. The zero-order valence-corrected chi connectivity index (χ0v) is 13.7. The second-order valence-electron chi connectivity index (χ2n) is 5.08. The molecule has 2 N–H and O–H groups in total. The molecule has 5 nitrogen and oxygen atoms in total. The molecule has 2 heterocycles. The van der Waals surface area contributed by atoms with E-state index in [-0.39, 0.29) is 6.04 Å². The van der Waals surface area contributed by atoms with Crippen molar-refractivity contribution in [1.82, 2.24) is 14.6 Å². The highest BCUT2D eigenvalue weighted by Crippen LogP contribution is 2.26. The highest BCUT2D eigenvalue weighted by Gasteiger charge is 2.30. The van der Waals surface area contributed by atoms with Gasteiger partial charge in [-0.15, -0.1) is 0 Å². The molecule has 1 atom stereocenters. The first-order chi connectivity index (χ1) is 9.55. The average Bonchev–Trinajstić information content (AvgIpc) is 3.09. The molecule has 2 rings (SSSR count). The Labute approximate surface area is 125 Å². The first-order valence-corrected chi connectivity index (χ1v) is 9.59. The van der Waals surface area contributed by atoms with Crippen LogP contribution in [0.15, 0.2) is 17.2 Å². The lowest BCUT2D eigenvalue weighted by Crippen LogP contribution is -2.36. The predicted molar refractivity (Wildman–Crippen MR) is 83.5 cm³/mol. The van der Waals surface area contributed by atoms with Crippen LogP contribution in [-0.2, 0) is 16.6 Å². The summed E-state index contributed by atoms with van der Waals surface area (Å²) in [4.78, 5) is 3.41. The molecule has 1 aromatic heterocycles. The van der Waals surface area contributed by atoms with Gasteiger partial charge in [0.2, 0.25) is 10.0 Å². The van der Waals surface area contributed by atoms with Crippen molar-refractivity contribution in [1.29, 1.82) is 0 Å². The molecule has 1 saturated heterocycles. The lowest BCUT2D eigenvalue weighted by Gasteiger charge is -2.22. The van der Waals surface area contributed by atoms with E-state index < -0.39 is 10.0 Å². The van der Waals surface area contributed by atoms with Gasteiger partial charge in [-0.25, -0.2) is 8.42 Å². The molecule has 0 amide bonds. The minimum absolute atomic E-state index is 0.126. The van der Waals surface area contributed by atoms with Crippen LogP contribution < -0.4 is 5.32 Å². The van der Waals surface area contributed by atoms with Crippen molar-refractivity contribution >= 4 is 21.8 Å². The van der Waals surface area contributed by atoms with Gasteiger partial charge < -0.3 is 10.3 Å². The Morgan fingerprint density at radius 2 is 2.35 bits per heavy atom. The second-order valence-corrected chi connectivity index (χ2v) is 8.22. The van der Waals surface area contributed by atoms with Crippen molar-refractivity contribution in [2.45, 2.75) is 37.2 Å². The summed E-state index contributed by atoms with van der Waals surface area (Å²) >= 11 is 1.82. The number of thioether (sulfide) groups is 1. The number of nitrogens with one attached hydrogen (secondary N) is 2. The molecular weight excluding hydrogens is 294 g/mol. The van der Waals surface area contributed by atoms with Crippen LogP contribution in [0.5, 0.6) is 0 Å². The van der Waals surface area contributed by atoms with Crippen LogP contribution in [0.25, 0.3) is 0 Å². The van der Waals surface area contributed by atoms with E-state index in [1.165, 1.54) is 4.31 Å². The monoisotopic (exact) mass is 317 g/mol. The second kappa shape index (κ2) is 6.98. The summed E-state index contributed by atoms with van der Waals surface area (Å²) in [6.45, 7) is 3.71. The third kappa shape index (κ3) is 3.58. The molecule has 7 heteroatoms. The van der Waals surface area contributed by atoms with Crippen LogP contribution in [0, 0.1) is 0 Å². The van der Waals surface area contributed by atoms with Crippen molar-refractivity contribution in [2.24, 2.45) is 0 Å². The van der Waals surface area contributed by atoms with Crippen molar-refractivity contribution in [2.75, 3.05) is 25.1 Å². The maximum absolute atomic E-state index is 12.5. The maximum Gasteiger partial charge on any atom is 0.244 e. The van der Waals surface area contributed by atoms with Gasteiger partial charge in [0.15, 0.2) is 0 Å². The molecule has 0 bridgehead atoms. The molecule has 0 saturated carbocycles. The largest absolute Gasteiger partial charge is 0.363 e. The summed E-state index contributed by atoms with van der Waals surface area (Å²) in [5.74, 6) is 1.94. The molecule has 0 aliphatic carbocycles. The molecular formula is C13H23N3O2S2. The Morgan fingerprint density at radius 1 is 1.55 bits per heavy atom. The quantitative estimate of drug-likeness (QED) is 0.750. The molecule has 1 aliphatic heterocycles. The van der Waals surface area contributed by atoms with Crippen LogP contribution in [-0.4, -0.2) is 48.8 Å². The average molecular weight is 317 g/mol. The van der Waals surface area contributed by atoms with E-state index in [1.54, 1.807) is 19.3 Å². The Balaban J connectivity index is 2.05. The van der Waals surface area contributed by atoms with E-state index in [0.29, 0.717) is 11.4 Å². The van der Waals surface area contributed by atoms with E-state index in [9.17, 15) is 8.42 Å². The smallest absolute Gasteiger partial charge is 0.244 e. The van der Waals surface area contributed by atoms with Crippen molar-refractivity contribution < 1.29 is 8.42 Å². The fourth-order valence-electron chi connectivity index (χ4n) is 2.24. The maximum atomic E-state index is 12.5. The molecule has 20 heavy (non-hydrogen) atoms. The van der Waals surface area contributed by atoms with E-state index in [0.717, 1.165) is 36.6 Å². The fourth-order valence-corrected chi connectivity index (χ4v) is 5.01. The minimum Gasteiger partial charge on any atom is -0.363 e. The molecule has 114 valence electrons. The lowest BCUT2D eigenvalue weighted by atomic mass is 10.3. The number of aromatic amines is 1. The van der Waals surface area contributed by atoms with E-state index >= 15 is 0 Å². The van der Waals surface area contributed by atoms with Crippen LogP contribution in [0.3, 0.4) is 0 Å². The number of aromatic nitrogens is 1. The molecule has 0 radical (unpaired) electrons. The standard InChI is InChI=1S/C13H23N3O2S2/c1-3-5-14-8-11-7-13(9-15-11)20(17,18)16(2)12-4-6-19-10-12/h7,9,12,14-15H,3-6,8,10H2,1-2H3. The molecule has 1 aliphatic rings. The SMILES string of the molecule is CCCNCc1cc(S(=O)(=O)N(C)C2CCSC2)c[nH]1. The summed E-state index contributed by atoms with van der Waals surface area (Å²) in [6.07, 6.45) is 3.60. The van der Waals surface area contributed by atoms with Gasteiger partial charge in [-0.1, -0.05) is 6.92 Å². The van der Waals surface area contributed by atoms with Gasteiger partial charge in [0.25, 0.3) is 0 Å². The number of H-pyrrole nitrogens is 1. The van der Waals surface area contributed by atoms with Gasteiger partial charge in [-0.3, -0.25) is 0 Å². The van der Waals surface area contributed by atoms with Crippen LogP contribution in [0.1, 0.15) is 25.5 Å². The van der Waals surface area contributed by atoms with Gasteiger partial charge in [0, 0.05) is 37.3 Å². The third-order valence-corrected chi connectivity index (χ3v) is 6.59. The van der Waals surface area contributed by atoms with E-state index in [4.69, 9.17) is 0 Å². The first kappa shape index (κ1) is 15.9. The minimum atomic E-state index is -3.37. The summed E-state index contributed by atoms with van der Waals surface area (Å²) in [5.41, 5.74) is 0.909. The topological polar surface area (TPSA) is 65.2 Å². The predicted octanol–water partition coefficient (Wildman–Crippen LogP) is 1.64. The summed E-state index contributed by atoms with van der Waals surface area (Å²) in [5, 5.41) is 3.26. The van der Waals surface area contributed by atoms with Crippen molar-refractivity contribution in [3.63, 3.8) is 0 Å². The van der Waals surface area contributed by atoms with Crippen molar-refractivity contribution in [3.8, 4) is 0 Å². The van der Waals surface area contributed by atoms with Gasteiger partial charge in [0.1, 0.15) is 0 Å². The first-order valence-electron chi connectivity index (χ1n) is 6.99. The zero-order valence-electron chi connectivity index (χ0n) is 12.1. The van der Waals surface area contributed by atoms with Crippen LogP contribution in [0.2, 0.25) is 0 Å². The van der Waals surface area contributed by atoms with Gasteiger partial charge >= 0.3 is 0 Å². The van der Waals surface area contributed by atoms with E-state index in [2.05, 4.69) is 17.2 Å². The molecule has 0 aromatic carbocycles.